The molecule has 1 aromatic carbocycles. The number of rotatable bonds is 3. The highest BCUT2D eigenvalue weighted by atomic mass is 19.1. The molecular formula is C19H14FN5O. The smallest absolute Gasteiger partial charge is 0.209 e. The molecule has 0 spiro atoms. The van der Waals surface area contributed by atoms with Crippen molar-refractivity contribution in [2.75, 3.05) is 0 Å². The number of pyridine rings is 1. The zero-order valence-electron chi connectivity index (χ0n) is 13.9. The van der Waals surface area contributed by atoms with Gasteiger partial charge >= 0.3 is 0 Å². The second kappa shape index (κ2) is 6.36. The third-order valence-corrected chi connectivity index (χ3v) is 3.92. The molecule has 0 bridgehead atoms. The van der Waals surface area contributed by atoms with Crippen molar-refractivity contribution in [1.82, 2.24) is 24.5 Å². The average molecular weight is 347 g/mol. The van der Waals surface area contributed by atoms with Crippen LogP contribution in [0.4, 0.5) is 4.39 Å². The fourth-order valence-electron chi connectivity index (χ4n) is 2.70. The van der Waals surface area contributed by atoms with E-state index in [1.54, 1.807) is 47.4 Å². The second-order valence-corrected chi connectivity index (χ2v) is 5.71. The molecule has 4 rings (SSSR count). The summed E-state index contributed by atoms with van der Waals surface area (Å²) in [6.07, 6.45) is 4.77. The van der Waals surface area contributed by atoms with E-state index in [9.17, 15) is 9.18 Å². The topological polar surface area (TPSA) is 65.6 Å². The Kier molecular flexibility index (Phi) is 3.89. The van der Waals surface area contributed by atoms with E-state index in [0.717, 1.165) is 11.4 Å². The van der Waals surface area contributed by atoms with Crippen molar-refractivity contribution < 1.29 is 4.39 Å². The second-order valence-electron chi connectivity index (χ2n) is 5.71. The van der Waals surface area contributed by atoms with Gasteiger partial charge in [0, 0.05) is 24.2 Å². The van der Waals surface area contributed by atoms with E-state index >= 15 is 0 Å². The van der Waals surface area contributed by atoms with Crippen LogP contribution in [0, 0.1) is 12.7 Å². The first-order valence-electron chi connectivity index (χ1n) is 7.96. The maximum Gasteiger partial charge on any atom is 0.209 e. The molecule has 0 aliphatic rings. The lowest BCUT2D eigenvalue weighted by atomic mass is 10.2. The summed E-state index contributed by atoms with van der Waals surface area (Å²) in [6, 6.07) is 13.0. The van der Waals surface area contributed by atoms with Crippen molar-refractivity contribution in [2.24, 2.45) is 0 Å². The summed E-state index contributed by atoms with van der Waals surface area (Å²) in [6.45, 7) is 1.88. The van der Waals surface area contributed by atoms with Crippen molar-refractivity contribution in [3.63, 3.8) is 0 Å². The van der Waals surface area contributed by atoms with Gasteiger partial charge in [-0.25, -0.2) is 13.8 Å². The number of para-hydroxylation sites is 1. The fourth-order valence-corrected chi connectivity index (χ4v) is 2.70. The largest absolute Gasteiger partial charge is 0.287 e. The first-order valence-corrected chi connectivity index (χ1v) is 7.96. The maximum atomic E-state index is 14.2. The van der Waals surface area contributed by atoms with Gasteiger partial charge in [-0.15, -0.1) is 0 Å². The van der Waals surface area contributed by atoms with Gasteiger partial charge in [0.25, 0.3) is 0 Å². The molecular weight excluding hydrogens is 333 g/mol. The first kappa shape index (κ1) is 15.9. The van der Waals surface area contributed by atoms with E-state index in [0.29, 0.717) is 5.69 Å². The first-order chi connectivity index (χ1) is 12.6. The van der Waals surface area contributed by atoms with E-state index in [2.05, 4.69) is 15.2 Å². The van der Waals surface area contributed by atoms with E-state index in [1.807, 2.05) is 13.0 Å². The van der Waals surface area contributed by atoms with Gasteiger partial charge < -0.3 is 0 Å². The minimum atomic E-state index is -0.432. The van der Waals surface area contributed by atoms with E-state index in [-0.39, 0.29) is 16.8 Å². The zero-order valence-corrected chi connectivity index (χ0v) is 13.9. The van der Waals surface area contributed by atoms with Crippen LogP contribution in [0.25, 0.3) is 22.8 Å². The van der Waals surface area contributed by atoms with Crippen LogP contribution in [0.5, 0.6) is 0 Å². The molecule has 0 fully saturated rings. The lowest BCUT2D eigenvalue weighted by molar-refractivity contribution is 0.611. The Balaban J connectivity index is 1.88. The summed E-state index contributed by atoms with van der Waals surface area (Å²) in [5.41, 5.74) is 2.19. The number of nitrogens with zero attached hydrogens (tertiary/aromatic N) is 5. The number of hydrogen-bond acceptors (Lipinski definition) is 4. The van der Waals surface area contributed by atoms with Gasteiger partial charge in [0.15, 0.2) is 5.69 Å². The normalized spacial score (nSPS) is 10.8. The molecule has 0 N–H and O–H groups in total. The van der Waals surface area contributed by atoms with Crippen LogP contribution >= 0.6 is 0 Å². The summed E-state index contributed by atoms with van der Waals surface area (Å²) in [5.74, 6) is -0.432. The molecule has 3 heterocycles. The SMILES string of the molecule is Cc1cc(-n2ccc(=O)c(-c3ccnn3-c3ccccc3F)n2)ccn1. The lowest BCUT2D eigenvalue weighted by Gasteiger charge is -2.10. The number of aromatic nitrogens is 5. The average Bonchev–Trinajstić information content (AvgIpc) is 3.12. The summed E-state index contributed by atoms with van der Waals surface area (Å²) >= 11 is 0. The number of aryl methyl sites for hydroxylation is 1. The molecule has 26 heavy (non-hydrogen) atoms. The number of hydrogen-bond donors (Lipinski definition) is 0. The number of halogens is 1. The summed E-state index contributed by atoms with van der Waals surface area (Å²) in [5, 5.41) is 8.59. The predicted molar refractivity (Wildman–Crippen MR) is 94.9 cm³/mol. The summed E-state index contributed by atoms with van der Waals surface area (Å²) < 4.78 is 17.1. The van der Waals surface area contributed by atoms with Crippen LogP contribution < -0.4 is 5.43 Å². The van der Waals surface area contributed by atoms with E-state index in [1.165, 1.54) is 23.0 Å². The summed E-state index contributed by atoms with van der Waals surface area (Å²) in [7, 11) is 0. The Morgan fingerprint density at radius 2 is 1.88 bits per heavy atom. The van der Waals surface area contributed by atoms with Gasteiger partial charge in [0.2, 0.25) is 5.43 Å². The van der Waals surface area contributed by atoms with Gasteiger partial charge in [-0.3, -0.25) is 9.78 Å². The van der Waals surface area contributed by atoms with Gasteiger partial charge in [-0.05, 0) is 37.3 Å². The van der Waals surface area contributed by atoms with Gasteiger partial charge in [0.05, 0.1) is 17.6 Å². The zero-order chi connectivity index (χ0) is 18.1. The minimum Gasteiger partial charge on any atom is -0.287 e. The van der Waals surface area contributed by atoms with Gasteiger partial charge in [-0.2, -0.15) is 10.2 Å². The highest BCUT2D eigenvalue weighted by Gasteiger charge is 2.15. The Morgan fingerprint density at radius 3 is 2.69 bits per heavy atom. The quantitative estimate of drug-likeness (QED) is 0.571. The molecule has 0 unspecified atom stereocenters. The van der Waals surface area contributed by atoms with Crippen LogP contribution in [0.3, 0.4) is 0 Å². The Morgan fingerprint density at radius 1 is 1.04 bits per heavy atom. The van der Waals surface area contributed by atoms with Crippen LogP contribution in [0.1, 0.15) is 5.69 Å². The van der Waals surface area contributed by atoms with Gasteiger partial charge in [-0.1, -0.05) is 12.1 Å². The molecule has 0 saturated heterocycles. The lowest BCUT2D eigenvalue weighted by Crippen LogP contribution is -2.15. The van der Waals surface area contributed by atoms with Crippen LogP contribution in [0.15, 0.2) is 71.9 Å². The van der Waals surface area contributed by atoms with E-state index < -0.39 is 5.82 Å². The molecule has 128 valence electrons. The highest BCUT2D eigenvalue weighted by Crippen LogP contribution is 2.20. The van der Waals surface area contributed by atoms with Crippen LogP contribution in [0.2, 0.25) is 0 Å². The standard InChI is InChI=1S/C19H14FN5O/c1-13-12-14(6-9-21-13)24-11-8-18(26)19(23-24)17-7-10-22-25(17)16-5-3-2-4-15(16)20/h2-12H,1H3. The van der Waals surface area contributed by atoms with Gasteiger partial charge in [0.1, 0.15) is 11.5 Å². The van der Waals surface area contributed by atoms with Crippen LogP contribution in [-0.2, 0) is 0 Å². The molecule has 3 aromatic heterocycles. The van der Waals surface area contributed by atoms with Crippen molar-refractivity contribution in [3.8, 4) is 22.8 Å². The van der Waals surface area contributed by atoms with Crippen molar-refractivity contribution in [3.05, 3.63) is 88.9 Å². The molecule has 4 aromatic rings. The monoisotopic (exact) mass is 347 g/mol. The Hall–Kier alpha value is -3.61. The molecule has 7 heteroatoms. The molecule has 0 aliphatic heterocycles. The number of benzene rings is 1. The Bertz CT molecular complexity index is 1150. The van der Waals surface area contributed by atoms with E-state index in [4.69, 9.17) is 0 Å². The molecule has 0 amide bonds. The predicted octanol–water partition coefficient (Wildman–Crippen LogP) is 2.93. The van der Waals surface area contributed by atoms with Crippen molar-refractivity contribution >= 4 is 0 Å². The molecule has 0 atom stereocenters. The van der Waals surface area contributed by atoms with Crippen molar-refractivity contribution in [1.29, 1.82) is 0 Å². The van der Waals surface area contributed by atoms with Crippen molar-refractivity contribution in [2.45, 2.75) is 6.92 Å². The molecule has 0 saturated carbocycles. The Labute approximate surface area is 148 Å². The third kappa shape index (κ3) is 2.79. The maximum absolute atomic E-state index is 14.2. The molecule has 0 radical (unpaired) electrons. The molecule has 6 nitrogen and oxygen atoms in total. The molecule has 0 aliphatic carbocycles. The summed E-state index contributed by atoms with van der Waals surface area (Å²) in [4.78, 5) is 16.6. The van der Waals surface area contributed by atoms with Crippen LogP contribution in [-0.4, -0.2) is 24.5 Å². The third-order valence-electron chi connectivity index (χ3n) is 3.92. The minimum absolute atomic E-state index is 0.183. The fraction of sp³-hybridized carbons (Fsp3) is 0.0526. The highest BCUT2D eigenvalue weighted by molar-refractivity contribution is 5.57.